The lowest BCUT2D eigenvalue weighted by Crippen LogP contribution is -2.28. The predicted octanol–water partition coefficient (Wildman–Crippen LogP) is 3.57. The van der Waals surface area contributed by atoms with Crippen molar-refractivity contribution in [1.29, 1.82) is 0 Å². The van der Waals surface area contributed by atoms with Gasteiger partial charge in [-0.3, -0.25) is 0 Å². The summed E-state index contributed by atoms with van der Waals surface area (Å²) in [7, 11) is 1.69. The molecular formula is C12H16BrNOS. The van der Waals surface area contributed by atoms with E-state index in [0.717, 1.165) is 22.0 Å². The minimum atomic E-state index is 0.408. The summed E-state index contributed by atoms with van der Waals surface area (Å²) < 4.78 is 6.26. The van der Waals surface area contributed by atoms with Gasteiger partial charge in [-0.2, -0.15) is 0 Å². The molecule has 1 N–H and O–H groups in total. The van der Waals surface area contributed by atoms with Gasteiger partial charge in [-0.15, -0.1) is 11.8 Å². The molecule has 88 valence electrons. The van der Waals surface area contributed by atoms with Crippen LogP contribution in [0.15, 0.2) is 22.7 Å². The second-order valence-electron chi connectivity index (χ2n) is 3.96. The Balaban J connectivity index is 2.17. The van der Waals surface area contributed by atoms with E-state index in [0.29, 0.717) is 5.37 Å². The summed E-state index contributed by atoms with van der Waals surface area (Å²) in [6.07, 6.45) is 1.25. The number of halogens is 1. The number of benzene rings is 1. The quantitative estimate of drug-likeness (QED) is 0.902. The molecule has 0 aromatic heterocycles. The molecule has 1 fully saturated rings. The minimum absolute atomic E-state index is 0.408. The molecule has 2 rings (SSSR count). The molecule has 0 amide bonds. The van der Waals surface area contributed by atoms with Gasteiger partial charge in [0.2, 0.25) is 0 Å². The van der Waals surface area contributed by atoms with Gasteiger partial charge in [-0.05, 0) is 46.6 Å². The molecule has 0 radical (unpaired) electrons. The molecule has 0 spiro atoms. The Morgan fingerprint density at radius 2 is 2.31 bits per heavy atom. The zero-order valence-corrected chi connectivity index (χ0v) is 11.9. The molecule has 16 heavy (non-hydrogen) atoms. The van der Waals surface area contributed by atoms with E-state index >= 15 is 0 Å². The molecule has 1 saturated heterocycles. The molecule has 2 atom stereocenters. The maximum absolute atomic E-state index is 5.23. The molecule has 1 aromatic rings. The van der Waals surface area contributed by atoms with Gasteiger partial charge in [0.05, 0.1) is 17.0 Å². The first-order valence-electron chi connectivity index (χ1n) is 5.43. The van der Waals surface area contributed by atoms with E-state index in [4.69, 9.17) is 4.74 Å². The van der Waals surface area contributed by atoms with Gasteiger partial charge >= 0.3 is 0 Å². The first-order chi connectivity index (χ1) is 7.70. The van der Waals surface area contributed by atoms with Gasteiger partial charge in [-0.25, -0.2) is 0 Å². The van der Waals surface area contributed by atoms with E-state index < -0.39 is 0 Å². The average Bonchev–Trinajstić information content (AvgIpc) is 2.29. The van der Waals surface area contributed by atoms with Crippen LogP contribution in [0.5, 0.6) is 5.75 Å². The Morgan fingerprint density at radius 3 is 2.94 bits per heavy atom. The molecule has 1 heterocycles. The van der Waals surface area contributed by atoms with Crippen molar-refractivity contribution in [2.75, 3.05) is 13.7 Å². The molecule has 0 bridgehead atoms. The second-order valence-corrected chi connectivity index (χ2v) is 6.37. The van der Waals surface area contributed by atoms with Gasteiger partial charge in [0.1, 0.15) is 5.75 Å². The minimum Gasteiger partial charge on any atom is -0.496 e. The van der Waals surface area contributed by atoms with E-state index in [1.165, 1.54) is 12.0 Å². The van der Waals surface area contributed by atoms with Crippen molar-refractivity contribution in [2.24, 2.45) is 0 Å². The summed E-state index contributed by atoms with van der Waals surface area (Å²) in [4.78, 5) is 0. The van der Waals surface area contributed by atoms with Crippen LogP contribution in [0.25, 0.3) is 0 Å². The zero-order valence-electron chi connectivity index (χ0n) is 9.50. The van der Waals surface area contributed by atoms with Crippen molar-refractivity contribution in [3.05, 3.63) is 28.2 Å². The lowest BCUT2D eigenvalue weighted by atomic mass is 10.2. The van der Waals surface area contributed by atoms with E-state index in [2.05, 4.69) is 40.3 Å². The lowest BCUT2D eigenvalue weighted by Gasteiger charge is -2.28. The van der Waals surface area contributed by atoms with Crippen molar-refractivity contribution < 1.29 is 4.74 Å². The van der Waals surface area contributed by atoms with Crippen LogP contribution in [0.4, 0.5) is 0 Å². The number of thioether (sulfide) groups is 1. The first-order valence-corrected chi connectivity index (χ1v) is 7.16. The normalized spacial score (nSPS) is 25.4. The highest BCUT2D eigenvalue weighted by Gasteiger charge is 2.20. The molecule has 1 aliphatic heterocycles. The van der Waals surface area contributed by atoms with Crippen LogP contribution in [-0.4, -0.2) is 18.9 Å². The van der Waals surface area contributed by atoms with Crippen LogP contribution in [0, 0.1) is 0 Å². The van der Waals surface area contributed by atoms with E-state index in [1.54, 1.807) is 7.11 Å². The van der Waals surface area contributed by atoms with Gasteiger partial charge in [-0.1, -0.05) is 13.0 Å². The number of hydrogen-bond acceptors (Lipinski definition) is 3. The zero-order chi connectivity index (χ0) is 11.5. The van der Waals surface area contributed by atoms with Crippen molar-refractivity contribution in [3.63, 3.8) is 0 Å². The standard InChI is InChI=1S/C12H16BrNOS/c1-8-5-6-14-12(16-8)9-3-4-11(15-2)10(13)7-9/h3-4,7-8,12,14H,5-6H2,1-2H3. The Labute approximate surface area is 109 Å². The molecule has 1 aromatic carbocycles. The second kappa shape index (κ2) is 5.43. The fourth-order valence-electron chi connectivity index (χ4n) is 1.81. The summed E-state index contributed by atoms with van der Waals surface area (Å²) in [6, 6.07) is 6.29. The lowest BCUT2D eigenvalue weighted by molar-refractivity contribution is 0.412. The number of ether oxygens (including phenoxy) is 1. The number of methoxy groups -OCH3 is 1. The summed E-state index contributed by atoms with van der Waals surface area (Å²) in [5.41, 5.74) is 1.31. The topological polar surface area (TPSA) is 21.3 Å². The first kappa shape index (κ1) is 12.3. The fraction of sp³-hybridized carbons (Fsp3) is 0.500. The van der Waals surface area contributed by atoms with Crippen molar-refractivity contribution in [1.82, 2.24) is 5.32 Å². The Kier molecular flexibility index (Phi) is 4.16. The van der Waals surface area contributed by atoms with Gasteiger partial charge in [0.15, 0.2) is 0 Å². The Morgan fingerprint density at radius 1 is 1.50 bits per heavy atom. The van der Waals surface area contributed by atoms with Crippen LogP contribution < -0.4 is 10.1 Å². The van der Waals surface area contributed by atoms with Crippen LogP contribution in [0.1, 0.15) is 24.3 Å². The molecule has 2 unspecified atom stereocenters. The maximum Gasteiger partial charge on any atom is 0.133 e. The third-order valence-electron chi connectivity index (χ3n) is 2.73. The highest BCUT2D eigenvalue weighted by atomic mass is 79.9. The largest absolute Gasteiger partial charge is 0.496 e. The van der Waals surface area contributed by atoms with Crippen molar-refractivity contribution in [2.45, 2.75) is 24.0 Å². The molecule has 2 nitrogen and oxygen atoms in total. The number of nitrogens with one attached hydrogen (secondary N) is 1. The van der Waals surface area contributed by atoms with Crippen LogP contribution in [-0.2, 0) is 0 Å². The van der Waals surface area contributed by atoms with E-state index in [-0.39, 0.29) is 0 Å². The van der Waals surface area contributed by atoms with Crippen LogP contribution in [0.2, 0.25) is 0 Å². The van der Waals surface area contributed by atoms with Gasteiger partial charge < -0.3 is 10.1 Å². The smallest absolute Gasteiger partial charge is 0.133 e. The van der Waals surface area contributed by atoms with Crippen LogP contribution >= 0.6 is 27.7 Å². The SMILES string of the molecule is COc1ccc(C2NCCC(C)S2)cc1Br. The highest BCUT2D eigenvalue weighted by molar-refractivity contribution is 9.10. The predicted molar refractivity (Wildman–Crippen MR) is 73.1 cm³/mol. The summed E-state index contributed by atoms with van der Waals surface area (Å²) >= 11 is 5.52. The van der Waals surface area contributed by atoms with Crippen LogP contribution in [0.3, 0.4) is 0 Å². The summed E-state index contributed by atoms with van der Waals surface area (Å²) in [5, 5.41) is 4.67. The van der Waals surface area contributed by atoms with Crippen molar-refractivity contribution in [3.8, 4) is 5.75 Å². The number of rotatable bonds is 2. The summed E-state index contributed by atoms with van der Waals surface area (Å²) in [6.45, 7) is 3.39. The van der Waals surface area contributed by atoms with Gasteiger partial charge in [0.25, 0.3) is 0 Å². The summed E-state index contributed by atoms with van der Waals surface area (Å²) in [5.74, 6) is 0.887. The number of hydrogen-bond donors (Lipinski definition) is 1. The molecule has 0 aliphatic carbocycles. The maximum atomic E-state index is 5.23. The van der Waals surface area contributed by atoms with E-state index in [1.807, 2.05) is 17.8 Å². The third kappa shape index (κ3) is 2.73. The average molecular weight is 302 g/mol. The molecule has 1 aliphatic rings. The van der Waals surface area contributed by atoms with Gasteiger partial charge in [0, 0.05) is 5.25 Å². The molecular weight excluding hydrogens is 286 g/mol. The fourth-order valence-corrected chi connectivity index (χ4v) is 3.60. The highest BCUT2D eigenvalue weighted by Crippen LogP contribution is 2.37. The Bertz CT molecular complexity index is 372. The van der Waals surface area contributed by atoms with Crippen molar-refractivity contribution >= 4 is 27.7 Å². The third-order valence-corrected chi connectivity index (χ3v) is 4.76. The van der Waals surface area contributed by atoms with E-state index in [9.17, 15) is 0 Å². The molecule has 0 saturated carbocycles. The molecule has 4 heteroatoms. The monoisotopic (exact) mass is 301 g/mol. The Hall–Kier alpha value is -0.190.